The molecule has 2 aliphatic rings. The zero-order chi connectivity index (χ0) is 10.3. The number of ether oxygens (including phenoxy) is 1. The van der Waals surface area contributed by atoms with Crippen molar-refractivity contribution in [1.82, 2.24) is 4.90 Å². The summed E-state index contributed by atoms with van der Waals surface area (Å²) in [6.45, 7) is 2.28. The van der Waals surface area contributed by atoms with Crippen LogP contribution in [0, 0.1) is 0 Å². The van der Waals surface area contributed by atoms with Crippen LogP contribution >= 0.6 is 0 Å². The smallest absolute Gasteiger partial charge is 0.255 e. The largest absolute Gasteiger partial charge is 0.383 e. The number of aliphatic hydroxyl groups is 2. The summed E-state index contributed by atoms with van der Waals surface area (Å²) in [5, 5.41) is 18.8. The summed E-state index contributed by atoms with van der Waals surface area (Å²) in [4.78, 5) is 12.7. The van der Waals surface area contributed by atoms with Gasteiger partial charge in [-0.3, -0.25) is 9.69 Å². The average molecular weight is 199 g/mol. The molecule has 0 radical (unpaired) electrons. The number of likely N-dealkylation sites (tertiary alicyclic amines) is 1. The highest BCUT2D eigenvalue weighted by Gasteiger charge is 2.43. The molecular weight excluding hydrogens is 186 g/mol. The van der Waals surface area contributed by atoms with Crippen molar-refractivity contribution in [2.45, 2.75) is 31.9 Å². The van der Waals surface area contributed by atoms with Crippen molar-refractivity contribution in [3.8, 4) is 0 Å². The Morgan fingerprint density at radius 3 is 2.71 bits per heavy atom. The van der Waals surface area contributed by atoms with Crippen LogP contribution in [0.25, 0.3) is 0 Å². The van der Waals surface area contributed by atoms with Gasteiger partial charge in [0.2, 0.25) is 0 Å². The topological polar surface area (TPSA) is 70.0 Å². The molecule has 0 aliphatic carbocycles. The number of carbonyl (C=O) groups excluding carboxylic acids is 1. The molecule has 2 rings (SSSR count). The van der Waals surface area contributed by atoms with Crippen LogP contribution < -0.4 is 0 Å². The molecule has 1 fully saturated rings. The van der Waals surface area contributed by atoms with Crippen molar-refractivity contribution in [1.29, 1.82) is 0 Å². The Balaban J connectivity index is 2.18. The molecule has 0 spiro atoms. The predicted octanol–water partition coefficient (Wildman–Crippen LogP) is -0.799. The molecule has 0 aromatic carbocycles. The number of amides is 1. The van der Waals surface area contributed by atoms with Gasteiger partial charge in [-0.05, 0) is 12.5 Å². The Kier molecular flexibility index (Phi) is 2.30. The molecule has 2 aliphatic heterocycles. The van der Waals surface area contributed by atoms with E-state index in [0.29, 0.717) is 6.61 Å². The summed E-state index contributed by atoms with van der Waals surface area (Å²) < 4.78 is 5.28. The minimum atomic E-state index is -1.10. The molecule has 78 valence electrons. The quantitative estimate of drug-likeness (QED) is 0.542. The van der Waals surface area contributed by atoms with Gasteiger partial charge >= 0.3 is 0 Å². The highest BCUT2D eigenvalue weighted by Crippen LogP contribution is 2.26. The second-order valence-corrected chi connectivity index (χ2v) is 3.61. The SMILES string of the molecule is CC1=CCOC1N1C(=O)[C@@H](O)C[C@@H]1O. The van der Waals surface area contributed by atoms with Gasteiger partial charge in [0, 0.05) is 6.42 Å². The molecule has 2 heterocycles. The standard InChI is InChI=1S/C9H13NO4/c1-5-2-3-14-9(5)10-7(12)4-6(11)8(10)13/h2,6-7,9,11-12H,3-4H2,1H3/t6-,7-,9?/m0/s1. The second kappa shape index (κ2) is 3.34. The van der Waals surface area contributed by atoms with E-state index in [0.717, 1.165) is 5.57 Å². The minimum absolute atomic E-state index is 0.0615. The van der Waals surface area contributed by atoms with Gasteiger partial charge in [-0.1, -0.05) is 6.08 Å². The van der Waals surface area contributed by atoms with Gasteiger partial charge in [-0.15, -0.1) is 0 Å². The third kappa shape index (κ3) is 1.33. The van der Waals surface area contributed by atoms with Gasteiger partial charge in [0.1, 0.15) is 12.3 Å². The molecule has 3 atom stereocenters. The normalized spacial score (nSPS) is 37.9. The monoisotopic (exact) mass is 199 g/mol. The Morgan fingerprint density at radius 2 is 2.29 bits per heavy atom. The van der Waals surface area contributed by atoms with Crippen molar-refractivity contribution >= 4 is 5.91 Å². The highest BCUT2D eigenvalue weighted by molar-refractivity contribution is 5.83. The van der Waals surface area contributed by atoms with E-state index >= 15 is 0 Å². The van der Waals surface area contributed by atoms with Gasteiger partial charge in [-0.25, -0.2) is 0 Å². The fourth-order valence-corrected chi connectivity index (χ4v) is 1.81. The van der Waals surface area contributed by atoms with E-state index in [4.69, 9.17) is 4.74 Å². The molecule has 0 aromatic heterocycles. The zero-order valence-electron chi connectivity index (χ0n) is 7.88. The van der Waals surface area contributed by atoms with Crippen molar-refractivity contribution in [2.75, 3.05) is 6.61 Å². The van der Waals surface area contributed by atoms with Gasteiger partial charge < -0.3 is 14.9 Å². The van der Waals surface area contributed by atoms with Gasteiger partial charge in [0.15, 0.2) is 6.23 Å². The van der Waals surface area contributed by atoms with E-state index in [-0.39, 0.29) is 6.42 Å². The van der Waals surface area contributed by atoms with Crippen LogP contribution in [0.5, 0.6) is 0 Å². The molecule has 2 N–H and O–H groups in total. The fraction of sp³-hybridized carbons (Fsp3) is 0.667. The zero-order valence-corrected chi connectivity index (χ0v) is 7.88. The molecule has 14 heavy (non-hydrogen) atoms. The Morgan fingerprint density at radius 1 is 1.57 bits per heavy atom. The van der Waals surface area contributed by atoms with Crippen molar-refractivity contribution in [2.24, 2.45) is 0 Å². The molecule has 1 amide bonds. The number of hydrogen-bond acceptors (Lipinski definition) is 4. The third-order valence-corrected chi connectivity index (χ3v) is 2.60. The molecule has 1 saturated heterocycles. The number of nitrogens with zero attached hydrogens (tertiary/aromatic N) is 1. The van der Waals surface area contributed by atoms with E-state index in [2.05, 4.69) is 0 Å². The van der Waals surface area contributed by atoms with E-state index < -0.39 is 24.5 Å². The first kappa shape index (κ1) is 9.64. The average Bonchev–Trinajstić information content (AvgIpc) is 2.60. The second-order valence-electron chi connectivity index (χ2n) is 3.61. The molecular formula is C9H13NO4. The lowest BCUT2D eigenvalue weighted by atomic mass is 10.2. The number of carbonyl (C=O) groups is 1. The summed E-state index contributed by atoms with van der Waals surface area (Å²) in [5.74, 6) is -0.461. The number of rotatable bonds is 1. The van der Waals surface area contributed by atoms with E-state index in [9.17, 15) is 15.0 Å². The predicted molar refractivity (Wildman–Crippen MR) is 47.0 cm³/mol. The summed E-state index contributed by atoms with van der Waals surface area (Å²) in [6, 6.07) is 0. The van der Waals surface area contributed by atoms with Gasteiger partial charge in [-0.2, -0.15) is 0 Å². The minimum Gasteiger partial charge on any atom is -0.383 e. The van der Waals surface area contributed by atoms with Gasteiger partial charge in [0.25, 0.3) is 5.91 Å². The van der Waals surface area contributed by atoms with E-state index in [1.807, 2.05) is 13.0 Å². The fourth-order valence-electron chi connectivity index (χ4n) is 1.81. The summed E-state index contributed by atoms with van der Waals surface area (Å²) in [7, 11) is 0. The maximum absolute atomic E-state index is 11.5. The van der Waals surface area contributed by atoms with Crippen LogP contribution in [0.3, 0.4) is 0 Å². The summed E-state index contributed by atoms with van der Waals surface area (Å²) >= 11 is 0. The van der Waals surface area contributed by atoms with E-state index in [1.165, 1.54) is 4.90 Å². The molecule has 1 unspecified atom stereocenters. The summed E-state index contributed by atoms with van der Waals surface area (Å²) in [6.07, 6.45) is -0.623. The molecule has 5 heteroatoms. The van der Waals surface area contributed by atoms with Crippen molar-refractivity contribution < 1.29 is 19.7 Å². The summed E-state index contributed by atoms with van der Waals surface area (Å²) in [5.41, 5.74) is 0.895. The first-order valence-corrected chi connectivity index (χ1v) is 4.58. The molecule has 5 nitrogen and oxygen atoms in total. The molecule has 0 saturated carbocycles. The third-order valence-electron chi connectivity index (χ3n) is 2.60. The van der Waals surface area contributed by atoms with Crippen LogP contribution in [0.2, 0.25) is 0 Å². The number of aliphatic hydroxyl groups excluding tert-OH is 2. The maximum Gasteiger partial charge on any atom is 0.255 e. The van der Waals surface area contributed by atoms with E-state index in [1.54, 1.807) is 0 Å². The van der Waals surface area contributed by atoms with Gasteiger partial charge in [0.05, 0.1) is 6.61 Å². The van der Waals surface area contributed by atoms with Crippen molar-refractivity contribution in [3.63, 3.8) is 0 Å². The van der Waals surface area contributed by atoms with Crippen LogP contribution in [0.1, 0.15) is 13.3 Å². The lowest BCUT2D eigenvalue weighted by molar-refractivity contribution is -0.151. The van der Waals surface area contributed by atoms with Crippen LogP contribution in [-0.4, -0.2) is 46.2 Å². The lowest BCUT2D eigenvalue weighted by Gasteiger charge is -2.27. The first-order chi connectivity index (χ1) is 6.61. The lowest BCUT2D eigenvalue weighted by Crippen LogP contribution is -2.43. The van der Waals surface area contributed by atoms with Crippen LogP contribution in [0.4, 0.5) is 0 Å². The Labute approximate surface area is 81.6 Å². The first-order valence-electron chi connectivity index (χ1n) is 4.58. The molecule has 0 aromatic rings. The highest BCUT2D eigenvalue weighted by atomic mass is 16.5. The maximum atomic E-state index is 11.5. The van der Waals surface area contributed by atoms with Crippen LogP contribution in [-0.2, 0) is 9.53 Å². The number of hydrogen-bond donors (Lipinski definition) is 2. The molecule has 0 bridgehead atoms. The Bertz CT molecular complexity index is 289. The Hall–Kier alpha value is -0.910. The van der Waals surface area contributed by atoms with Crippen LogP contribution in [0.15, 0.2) is 11.6 Å². The van der Waals surface area contributed by atoms with Crippen molar-refractivity contribution in [3.05, 3.63) is 11.6 Å².